The summed E-state index contributed by atoms with van der Waals surface area (Å²) in [6, 6.07) is 32.4. The van der Waals surface area contributed by atoms with E-state index in [2.05, 4.69) is 40.9 Å². The van der Waals surface area contributed by atoms with Crippen LogP contribution in [-0.2, 0) is 50.8 Å². The predicted molar refractivity (Wildman–Crippen MR) is 250 cm³/mol. The molecule has 0 aromatic heterocycles. The first-order valence-electron chi connectivity index (χ1n) is 21.1. The molecule has 1 aliphatic heterocycles. The van der Waals surface area contributed by atoms with Crippen molar-refractivity contribution >= 4 is 23.6 Å². The van der Waals surface area contributed by atoms with Gasteiger partial charge in [0.2, 0.25) is 23.6 Å². The van der Waals surface area contributed by atoms with Crippen LogP contribution in [0.15, 0.2) is 97.1 Å². The van der Waals surface area contributed by atoms with Crippen LogP contribution in [0.1, 0.15) is 44.5 Å². The standard InChI is InChI=1S/C48H64N8O4.Gd.3HI.3H2O/c1-37-5-13-41(14-6-37)29-49-45(57)33-53-21-23-54(34-46(58)50-30-42-15-7-38(2)8-16-42)25-27-56(36-48(60)52-32-44-19-11-40(4)12-20-44)28-26-55(24-22-53)35-47(59)51-31-43-17-9-39(3)10-18-43;;;;;;;/h5-20H,21-36H2,1-4H3,(H,49,57)(H,50,58)(H,51,59)(H,52,60);;3*1H;3*1H2/q;+3;;;;;;/p-2. The Morgan fingerprint density at radius 1 is 0.358 bits per heavy atom. The second kappa shape index (κ2) is 37.8. The van der Waals surface area contributed by atoms with E-state index in [0.717, 1.165) is 44.5 Å². The van der Waals surface area contributed by atoms with Gasteiger partial charge in [0.05, 0.1) is 26.2 Å². The molecule has 1 fully saturated rings. The van der Waals surface area contributed by atoms with Gasteiger partial charge in [-0.2, -0.15) is 0 Å². The van der Waals surface area contributed by atoms with Crippen molar-refractivity contribution in [1.29, 1.82) is 0 Å². The maximum Gasteiger partial charge on any atom is 3.00 e. The van der Waals surface area contributed by atoms with Gasteiger partial charge < -0.3 is 110 Å². The van der Waals surface area contributed by atoms with Gasteiger partial charge in [0.15, 0.2) is 0 Å². The maximum absolute atomic E-state index is 13.4. The van der Waals surface area contributed by atoms with E-state index in [9.17, 15) is 19.2 Å². The molecule has 1 aliphatic rings. The van der Waals surface area contributed by atoms with Crippen LogP contribution in [-0.4, -0.2) is 133 Å². The van der Waals surface area contributed by atoms with Gasteiger partial charge in [-0.1, -0.05) is 119 Å². The molecule has 5 rings (SSSR count). The van der Waals surface area contributed by atoms with E-state index in [1.807, 2.05) is 125 Å². The Balaban J connectivity index is -0.00000585. The first kappa shape index (κ1) is 69.3. The van der Waals surface area contributed by atoms with Crippen LogP contribution in [0.2, 0.25) is 0 Å². The van der Waals surface area contributed by atoms with Gasteiger partial charge in [-0.25, -0.2) is 0 Å². The fourth-order valence-corrected chi connectivity index (χ4v) is 6.87. The Morgan fingerprint density at radius 2 is 0.507 bits per heavy atom. The number of carbonyl (C=O) groups is 4. The topological polar surface area (TPSA) is 225 Å². The summed E-state index contributed by atoms with van der Waals surface area (Å²) in [4.78, 5) is 61.9. The molecule has 0 spiro atoms. The van der Waals surface area contributed by atoms with E-state index in [1.54, 1.807) is 0 Å². The van der Waals surface area contributed by atoms with E-state index in [0.29, 0.717) is 78.5 Å². The zero-order valence-corrected chi connectivity index (χ0v) is 47.8. The van der Waals surface area contributed by atoms with Crippen LogP contribution in [0.5, 0.6) is 0 Å². The first-order valence-corrected chi connectivity index (χ1v) is 21.1. The number of amides is 4. The smallest absolute Gasteiger partial charge is 1.00 e. The average molecular weight is 1410 g/mol. The molecule has 4 aromatic rings. The van der Waals surface area contributed by atoms with Gasteiger partial charge >= 0.3 is 39.9 Å². The normalized spacial score (nSPS) is 13.4. The van der Waals surface area contributed by atoms with Gasteiger partial charge in [0.1, 0.15) is 0 Å². The maximum atomic E-state index is 13.4. The number of halogens is 3. The van der Waals surface area contributed by atoms with Crippen molar-refractivity contribution in [3.63, 3.8) is 0 Å². The van der Waals surface area contributed by atoms with Gasteiger partial charge in [0.25, 0.3) is 0 Å². The molecule has 4 aromatic carbocycles. The molecule has 0 unspecified atom stereocenters. The quantitative estimate of drug-likeness (QED) is 0.0622. The van der Waals surface area contributed by atoms with E-state index in [1.165, 1.54) is 0 Å². The molecule has 0 saturated carbocycles. The number of hydrogen-bond donors (Lipinski definition) is 4. The monoisotopic (exact) mass is 1410 g/mol. The molecule has 0 atom stereocenters. The fraction of sp³-hybridized carbons (Fsp3) is 0.417. The minimum atomic E-state index is -0.0877. The summed E-state index contributed by atoms with van der Waals surface area (Å²) in [6.45, 7) is 14.9. The first-order chi connectivity index (χ1) is 28.9. The third-order valence-electron chi connectivity index (χ3n) is 10.8. The van der Waals surface area contributed by atoms with Crippen molar-refractivity contribution in [3.05, 3.63) is 142 Å². The summed E-state index contributed by atoms with van der Waals surface area (Å²) < 4.78 is 0. The molecular weight excluding hydrogens is 1340 g/mol. The minimum absolute atomic E-state index is 0. The molecule has 373 valence electrons. The third-order valence-corrected chi connectivity index (χ3v) is 10.8. The summed E-state index contributed by atoms with van der Waals surface area (Å²) in [5.41, 5.74) is 8.77. The van der Waals surface area contributed by atoms with E-state index in [4.69, 9.17) is 0 Å². The van der Waals surface area contributed by atoms with Gasteiger partial charge in [0, 0.05) is 78.5 Å². The van der Waals surface area contributed by atoms with Crippen molar-refractivity contribution in [2.45, 2.75) is 53.9 Å². The Bertz CT molecular complexity index is 1690. The Hall–Kier alpha value is -2.01. The summed E-state index contributed by atoms with van der Waals surface area (Å²) in [7, 11) is 0. The van der Waals surface area contributed by atoms with Crippen LogP contribution < -0.4 is 93.2 Å². The number of benzene rings is 4. The van der Waals surface area contributed by atoms with Gasteiger partial charge in [-0.05, 0) is 49.9 Å². The zero-order chi connectivity index (χ0) is 42.7. The molecule has 1 radical (unpaired) electrons. The number of nitrogens with one attached hydrogen (secondary N) is 4. The van der Waals surface area contributed by atoms with Gasteiger partial charge in [-0.3, -0.25) is 38.8 Å². The zero-order valence-electron chi connectivity index (χ0n) is 39.0. The Morgan fingerprint density at radius 3 is 0.657 bits per heavy atom. The minimum Gasteiger partial charge on any atom is -1.00 e. The van der Waals surface area contributed by atoms with Crippen molar-refractivity contribution in [1.82, 2.24) is 40.9 Å². The number of nitrogens with zero attached hydrogens (tertiary/aromatic N) is 4. The molecule has 15 nitrogen and oxygen atoms in total. The molecule has 0 bridgehead atoms. The number of hydrogen-bond acceptors (Lipinski definition) is 8. The molecule has 4 amide bonds. The number of rotatable bonds is 16. The van der Waals surface area contributed by atoms with Crippen molar-refractivity contribution in [2.75, 3.05) is 78.5 Å². The molecular formula is C48H71GdI3N8O7+. The molecule has 1 heterocycles. The Kier molecular flexibility index (Phi) is 39.0. The molecule has 1 saturated heterocycles. The predicted octanol–water partition coefficient (Wildman–Crippen LogP) is -7.85. The van der Waals surface area contributed by atoms with Crippen LogP contribution in [0.4, 0.5) is 0 Å². The SMILES string of the molecule is Cc1ccc(CNC(=O)CN2CCN(CC(=O)NCc3ccc(C)cc3)CCN(CC(=O)NCc3ccc(C)cc3)CCN(CC(=O)NCc3ccc(C)cc3)CC2)cc1.O.O.[Gd+3].[I-].[I-].[I-].[OH3+]. The average Bonchev–Trinajstić information content (AvgIpc) is 3.23. The fourth-order valence-electron chi connectivity index (χ4n) is 6.87. The number of carbonyl (C=O) groups excluding carboxylic acids is 4. The third kappa shape index (κ3) is 27.8. The van der Waals surface area contributed by atoms with Crippen molar-refractivity contribution < 1.29 is 147 Å². The van der Waals surface area contributed by atoms with Crippen LogP contribution in [0.25, 0.3) is 0 Å². The van der Waals surface area contributed by atoms with Gasteiger partial charge in [-0.15, -0.1) is 0 Å². The van der Waals surface area contributed by atoms with Crippen molar-refractivity contribution in [3.8, 4) is 0 Å². The van der Waals surface area contributed by atoms with Crippen LogP contribution in [0, 0.1) is 67.6 Å². The van der Waals surface area contributed by atoms with Crippen LogP contribution in [0.3, 0.4) is 0 Å². The largest absolute Gasteiger partial charge is 3.00 e. The van der Waals surface area contributed by atoms with E-state index in [-0.39, 0.29) is 178 Å². The second-order valence-corrected chi connectivity index (χ2v) is 16.2. The molecule has 0 aliphatic carbocycles. The number of aryl methyl sites for hydroxylation is 4. The summed E-state index contributed by atoms with van der Waals surface area (Å²) in [6.07, 6.45) is 0. The Labute approximate surface area is 480 Å². The van der Waals surface area contributed by atoms with Crippen molar-refractivity contribution in [2.24, 2.45) is 0 Å². The summed E-state index contributed by atoms with van der Waals surface area (Å²) in [5, 5.41) is 12.3. The second-order valence-electron chi connectivity index (χ2n) is 16.2. The summed E-state index contributed by atoms with van der Waals surface area (Å²) >= 11 is 0. The van der Waals surface area contributed by atoms with E-state index >= 15 is 0 Å². The molecule has 19 heteroatoms. The molecule has 67 heavy (non-hydrogen) atoms. The summed E-state index contributed by atoms with van der Waals surface area (Å²) in [5.74, 6) is -0.351. The van der Waals surface area contributed by atoms with Crippen LogP contribution >= 0.6 is 0 Å². The molecule has 11 N–H and O–H groups in total. The van der Waals surface area contributed by atoms with E-state index < -0.39 is 0 Å².